The largest absolute Gasteiger partial charge is 0.416 e. The van der Waals surface area contributed by atoms with Gasteiger partial charge in [-0.05, 0) is 31.0 Å². The van der Waals surface area contributed by atoms with Crippen LogP contribution in [0.1, 0.15) is 24.5 Å². The molecule has 12 heteroatoms. The van der Waals surface area contributed by atoms with E-state index in [1.807, 2.05) is 0 Å². The molecule has 166 valence electrons. The highest BCUT2D eigenvalue weighted by Gasteiger charge is 2.35. The molecule has 1 aliphatic rings. The zero-order chi connectivity index (χ0) is 20.9. The first-order valence-corrected chi connectivity index (χ1v) is 8.67. The van der Waals surface area contributed by atoms with Crippen molar-refractivity contribution in [3.05, 3.63) is 35.1 Å². The molecule has 2 rings (SSSR count). The van der Waals surface area contributed by atoms with E-state index < -0.39 is 30.3 Å². The fraction of sp³-hybridized carbons (Fsp3) is 0.588. The Hall–Kier alpha value is -1.31. The highest BCUT2D eigenvalue weighted by atomic mass is 127. The molecular weight excluding hydrogens is 520 g/mol. The fourth-order valence-corrected chi connectivity index (χ4v) is 2.98. The van der Waals surface area contributed by atoms with Crippen molar-refractivity contribution in [1.82, 2.24) is 15.5 Å². The van der Waals surface area contributed by atoms with Gasteiger partial charge in [0, 0.05) is 25.7 Å². The van der Waals surface area contributed by atoms with Crippen LogP contribution in [0, 0.1) is 5.82 Å². The fourth-order valence-electron chi connectivity index (χ4n) is 2.98. The van der Waals surface area contributed by atoms with Crippen molar-refractivity contribution in [2.45, 2.75) is 38.3 Å². The smallest absolute Gasteiger partial charge is 0.357 e. The highest BCUT2D eigenvalue weighted by Crippen LogP contribution is 2.32. The first-order chi connectivity index (χ1) is 13.0. The first-order valence-electron chi connectivity index (χ1n) is 8.67. The summed E-state index contributed by atoms with van der Waals surface area (Å²) in [6.45, 7) is 1.20. The van der Waals surface area contributed by atoms with Gasteiger partial charge in [0.2, 0.25) is 0 Å². The maximum Gasteiger partial charge on any atom is 0.416 e. The van der Waals surface area contributed by atoms with Gasteiger partial charge in [-0.25, -0.2) is 9.38 Å². The number of alkyl halides is 6. The second kappa shape index (κ2) is 10.6. The number of guanidine groups is 1. The van der Waals surface area contributed by atoms with Gasteiger partial charge in [0.25, 0.3) is 0 Å². The number of halogens is 8. The number of aliphatic imine (C=N–C) groups is 1. The summed E-state index contributed by atoms with van der Waals surface area (Å²) in [6.07, 6.45) is -8.56. The van der Waals surface area contributed by atoms with Crippen molar-refractivity contribution in [3.63, 3.8) is 0 Å². The van der Waals surface area contributed by atoms with Crippen LogP contribution in [-0.2, 0) is 12.7 Å². The Morgan fingerprint density at radius 2 is 1.90 bits per heavy atom. The minimum Gasteiger partial charge on any atom is -0.357 e. The molecule has 1 aromatic rings. The third-order valence-electron chi connectivity index (χ3n) is 4.15. The molecule has 4 nitrogen and oxygen atoms in total. The van der Waals surface area contributed by atoms with E-state index in [9.17, 15) is 30.7 Å². The van der Waals surface area contributed by atoms with Crippen molar-refractivity contribution in [2.24, 2.45) is 4.99 Å². The quantitative estimate of drug-likeness (QED) is 0.254. The van der Waals surface area contributed by atoms with Gasteiger partial charge in [0.05, 0.1) is 18.7 Å². The van der Waals surface area contributed by atoms with Gasteiger partial charge in [-0.2, -0.15) is 26.3 Å². The lowest BCUT2D eigenvalue weighted by atomic mass is 10.1. The molecule has 0 radical (unpaired) electrons. The number of hydrogen-bond acceptors (Lipinski definition) is 2. The number of likely N-dealkylation sites (tertiary alicyclic amines) is 1. The Kier molecular flexibility index (Phi) is 9.44. The SMILES string of the molecule is CCNC(=NCc1ccc(F)cc1C(F)(F)F)NC1CCN(CC(F)(F)F)C1.I. The first kappa shape index (κ1) is 25.7. The summed E-state index contributed by atoms with van der Waals surface area (Å²) in [7, 11) is 0. The summed E-state index contributed by atoms with van der Waals surface area (Å²) >= 11 is 0. The van der Waals surface area contributed by atoms with Gasteiger partial charge in [-0.3, -0.25) is 4.90 Å². The second-order valence-electron chi connectivity index (χ2n) is 6.47. The highest BCUT2D eigenvalue weighted by molar-refractivity contribution is 14.0. The van der Waals surface area contributed by atoms with Crippen LogP contribution < -0.4 is 10.6 Å². The maximum absolute atomic E-state index is 13.2. The Morgan fingerprint density at radius 3 is 2.48 bits per heavy atom. The Morgan fingerprint density at radius 1 is 1.21 bits per heavy atom. The van der Waals surface area contributed by atoms with E-state index in [0.29, 0.717) is 19.0 Å². The van der Waals surface area contributed by atoms with E-state index in [1.54, 1.807) is 6.92 Å². The molecule has 0 aromatic heterocycles. The molecule has 1 aliphatic heterocycles. The standard InChI is InChI=1S/C17H21F7N4.HI/c1-2-25-15(27-13-5-6-28(9-13)10-16(19,20)21)26-8-11-3-4-12(18)7-14(11)17(22,23)24;/h3-4,7,13H,2,5-6,8-10H2,1H3,(H2,25,26,27);1H. The number of benzene rings is 1. The lowest BCUT2D eigenvalue weighted by Gasteiger charge is -2.20. The summed E-state index contributed by atoms with van der Waals surface area (Å²) in [5.74, 6) is -0.806. The minimum atomic E-state index is -4.72. The predicted molar refractivity (Wildman–Crippen MR) is 106 cm³/mol. The Balaban J connectivity index is 0.00000420. The van der Waals surface area contributed by atoms with Gasteiger partial charge in [-0.15, -0.1) is 24.0 Å². The van der Waals surface area contributed by atoms with Crippen LogP contribution >= 0.6 is 24.0 Å². The van der Waals surface area contributed by atoms with Crippen LogP contribution in [-0.4, -0.2) is 49.3 Å². The van der Waals surface area contributed by atoms with Crippen molar-refractivity contribution >= 4 is 29.9 Å². The molecule has 0 aliphatic carbocycles. The van der Waals surface area contributed by atoms with E-state index in [-0.39, 0.29) is 61.2 Å². The van der Waals surface area contributed by atoms with Crippen LogP contribution in [0.15, 0.2) is 23.2 Å². The summed E-state index contributed by atoms with van der Waals surface area (Å²) in [4.78, 5) is 5.33. The van der Waals surface area contributed by atoms with Gasteiger partial charge in [0.15, 0.2) is 5.96 Å². The minimum absolute atomic E-state index is 0. The molecule has 29 heavy (non-hydrogen) atoms. The van der Waals surface area contributed by atoms with Crippen LogP contribution in [0.2, 0.25) is 0 Å². The lowest BCUT2D eigenvalue weighted by Crippen LogP contribution is -2.45. The summed E-state index contributed by atoms with van der Waals surface area (Å²) in [5.41, 5.74) is -1.31. The van der Waals surface area contributed by atoms with Crippen molar-refractivity contribution in [1.29, 1.82) is 0 Å². The molecule has 1 fully saturated rings. The molecule has 1 atom stereocenters. The van der Waals surface area contributed by atoms with E-state index in [1.165, 1.54) is 4.90 Å². The number of nitrogens with zero attached hydrogens (tertiary/aromatic N) is 2. The summed E-state index contributed by atoms with van der Waals surface area (Å²) in [6, 6.07) is 2.05. The van der Waals surface area contributed by atoms with Crippen molar-refractivity contribution in [2.75, 3.05) is 26.2 Å². The number of rotatable bonds is 5. The molecular formula is C17H22F7IN4. The molecule has 2 N–H and O–H groups in total. The molecule has 1 saturated heterocycles. The van der Waals surface area contributed by atoms with E-state index in [0.717, 1.165) is 12.1 Å². The molecule has 1 heterocycles. The molecule has 1 unspecified atom stereocenters. The average Bonchev–Trinajstić information content (AvgIpc) is 2.97. The third kappa shape index (κ3) is 8.52. The van der Waals surface area contributed by atoms with Crippen LogP contribution in [0.5, 0.6) is 0 Å². The zero-order valence-electron chi connectivity index (χ0n) is 15.5. The molecule has 0 saturated carbocycles. The molecule has 0 bridgehead atoms. The zero-order valence-corrected chi connectivity index (χ0v) is 17.8. The third-order valence-corrected chi connectivity index (χ3v) is 4.15. The van der Waals surface area contributed by atoms with Crippen LogP contribution in [0.3, 0.4) is 0 Å². The van der Waals surface area contributed by atoms with Gasteiger partial charge in [0.1, 0.15) is 5.82 Å². The number of hydrogen-bond donors (Lipinski definition) is 2. The summed E-state index contributed by atoms with van der Waals surface area (Å²) in [5, 5.41) is 5.80. The van der Waals surface area contributed by atoms with Crippen LogP contribution in [0.25, 0.3) is 0 Å². The second-order valence-corrected chi connectivity index (χ2v) is 6.47. The van der Waals surface area contributed by atoms with Crippen LogP contribution in [0.4, 0.5) is 30.7 Å². The maximum atomic E-state index is 13.2. The van der Waals surface area contributed by atoms with Crippen molar-refractivity contribution < 1.29 is 30.7 Å². The molecule has 1 aromatic carbocycles. The Labute approximate surface area is 180 Å². The molecule has 0 spiro atoms. The average molecular weight is 542 g/mol. The lowest BCUT2D eigenvalue weighted by molar-refractivity contribution is -0.143. The monoisotopic (exact) mass is 542 g/mol. The van der Waals surface area contributed by atoms with E-state index in [4.69, 9.17) is 0 Å². The summed E-state index contributed by atoms with van der Waals surface area (Å²) < 4.78 is 89.8. The Bertz CT molecular complexity index is 691. The van der Waals surface area contributed by atoms with E-state index in [2.05, 4.69) is 15.6 Å². The predicted octanol–water partition coefficient (Wildman–Crippen LogP) is 4.15. The van der Waals surface area contributed by atoms with Gasteiger partial charge >= 0.3 is 12.4 Å². The number of nitrogens with one attached hydrogen (secondary N) is 2. The normalized spacial score (nSPS) is 18.5. The van der Waals surface area contributed by atoms with E-state index >= 15 is 0 Å². The topological polar surface area (TPSA) is 39.7 Å². The van der Waals surface area contributed by atoms with Crippen molar-refractivity contribution in [3.8, 4) is 0 Å². The van der Waals surface area contributed by atoms with Gasteiger partial charge in [-0.1, -0.05) is 6.07 Å². The van der Waals surface area contributed by atoms with Gasteiger partial charge < -0.3 is 10.6 Å². The molecule has 0 amide bonds.